The van der Waals surface area contributed by atoms with Crippen LogP contribution in [0.15, 0.2) is 91.0 Å². The highest BCUT2D eigenvalue weighted by atomic mass is 19.2. The Hall–Kier alpha value is -3.59. The molecule has 0 aliphatic carbocycles. The van der Waals surface area contributed by atoms with Crippen molar-refractivity contribution < 1.29 is 13.2 Å². The highest BCUT2D eigenvalue weighted by Gasteiger charge is 2.17. The maximum absolute atomic E-state index is 14.3. The van der Waals surface area contributed by atoms with Crippen LogP contribution in [0, 0.1) is 17.5 Å². The Kier molecular flexibility index (Phi) is 4.09. The van der Waals surface area contributed by atoms with E-state index in [1.165, 1.54) is 18.2 Å². The molecule has 0 saturated heterocycles. The molecular weight excluding hydrogens is 369 g/mol. The third kappa shape index (κ3) is 2.87. The van der Waals surface area contributed by atoms with Crippen LogP contribution in [0.2, 0.25) is 0 Å². The molecule has 0 aliphatic heterocycles. The lowest BCUT2D eigenvalue weighted by atomic mass is 9.86. The van der Waals surface area contributed by atoms with Gasteiger partial charge in [0, 0.05) is 0 Å². The molecule has 0 nitrogen and oxygen atoms in total. The molecule has 0 N–H and O–H groups in total. The molecule has 0 saturated carbocycles. The zero-order valence-corrected chi connectivity index (χ0v) is 15.3. The fourth-order valence-corrected chi connectivity index (χ4v) is 4.03. The van der Waals surface area contributed by atoms with Crippen molar-refractivity contribution in [3.8, 4) is 22.3 Å². The Balaban J connectivity index is 2.00. The van der Waals surface area contributed by atoms with Crippen molar-refractivity contribution >= 4 is 21.5 Å². The number of benzene rings is 5. The van der Waals surface area contributed by atoms with Gasteiger partial charge in [-0.15, -0.1) is 0 Å². The summed E-state index contributed by atoms with van der Waals surface area (Å²) in [6.07, 6.45) is 0. The molecule has 5 aromatic carbocycles. The van der Waals surface area contributed by atoms with E-state index >= 15 is 0 Å². The van der Waals surface area contributed by atoms with Crippen LogP contribution in [0.3, 0.4) is 0 Å². The van der Waals surface area contributed by atoms with E-state index < -0.39 is 11.6 Å². The van der Waals surface area contributed by atoms with Gasteiger partial charge < -0.3 is 0 Å². The standard InChI is InChI=1S/C26H15F3/c27-18-11-12-21-22(15-18)25(16-6-2-1-3-7-16)19-8-4-5-9-20(19)26(21)17-10-13-23(28)24(29)14-17/h1-15H. The van der Waals surface area contributed by atoms with Crippen LogP contribution in [-0.4, -0.2) is 0 Å². The molecule has 0 spiro atoms. The zero-order chi connectivity index (χ0) is 20.0. The van der Waals surface area contributed by atoms with Gasteiger partial charge in [0.1, 0.15) is 5.82 Å². The summed E-state index contributed by atoms with van der Waals surface area (Å²) in [7, 11) is 0. The quantitative estimate of drug-likeness (QED) is 0.273. The zero-order valence-electron chi connectivity index (χ0n) is 15.3. The van der Waals surface area contributed by atoms with Crippen molar-refractivity contribution in [2.45, 2.75) is 0 Å². The Morgan fingerprint density at radius 2 is 1.03 bits per heavy atom. The summed E-state index contributed by atoms with van der Waals surface area (Å²) in [5, 5.41) is 3.34. The lowest BCUT2D eigenvalue weighted by molar-refractivity contribution is 0.509. The normalized spacial score (nSPS) is 11.3. The molecule has 140 valence electrons. The van der Waals surface area contributed by atoms with Gasteiger partial charge in [-0.25, -0.2) is 13.2 Å². The average Bonchev–Trinajstić information content (AvgIpc) is 2.74. The predicted molar refractivity (Wildman–Crippen MR) is 112 cm³/mol. The topological polar surface area (TPSA) is 0 Å². The molecule has 29 heavy (non-hydrogen) atoms. The van der Waals surface area contributed by atoms with Gasteiger partial charge in [0.2, 0.25) is 0 Å². The summed E-state index contributed by atoms with van der Waals surface area (Å²) in [4.78, 5) is 0. The largest absolute Gasteiger partial charge is 0.207 e. The van der Waals surface area contributed by atoms with Gasteiger partial charge in [-0.1, -0.05) is 66.7 Å². The molecule has 5 aromatic rings. The Bertz CT molecular complexity index is 1370. The Morgan fingerprint density at radius 1 is 0.414 bits per heavy atom. The maximum Gasteiger partial charge on any atom is 0.159 e. The highest BCUT2D eigenvalue weighted by Crippen LogP contribution is 2.43. The summed E-state index contributed by atoms with van der Waals surface area (Å²) >= 11 is 0. The van der Waals surface area contributed by atoms with E-state index in [0.29, 0.717) is 5.56 Å². The van der Waals surface area contributed by atoms with E-state index in [0.717, 1.165) is 44.3 Å². The summed E-state index contributed by atoms with van der Waals surface area (Å²) < 4.78 is 41.9. The van der Waals surface area contributed by atoms with E-state index in [-0.39, 0.29) is 5.82 Å². The summed E-state index contributed by atoms with van der Waals surface area (Å²) in [5.41, 5.74) is 3.20. The Labute approximate surface area is 165 Å². The Morgan fingerprint density at radius 3 is 1.72 bits per heavy atom. The van der Waals surface area contributed by atoms with Gasteiger partial charge in [-0.2, -0.15) is 0 Å². The predicted octanol–water partition coefficient (Wildman–Crippen LogP) is 7.74. The van der Waals surface area contributed by atoms with Gasteiger partial charge in [-0.05, 0) is 68.1 Å². The second kappa shape index (κ2) is 6.78. The van der Waals surface area contributed by atoms with Crippen molar-refractivity contribution in [1.82, 2.24) is 0 Å². The molecule has 3 heteroatoms. The smallest absolute Gasteiger partial charge is 0.159 e. The highest BCUT2D eigenvalue weighted by molar-refractivity contribution is 6.21. The van der Waals surface area contributed by atoms with Crippen LogP contribution >= 0.6 is 0 Å². The van der Waals surface area contributed by atoms with Gasteiger partial charge >= 0.3 is 0 Å². The number of hydrogen-bond donors (Lipinski definition) is 0. The molecule has 0 aromatic heterocycles. The van der Waals surface area contributed by atoms with E-state index in [1.54, 1.807) is 12.1 Å². The fraction of sp³-hybridized carbons (Fsp3) is 0. The van der Waals surface area contributed by atoms with Gasteiger partial charge in [-0.3, -0.25) is 0 Å². The van der Waals surface area contributed by atoms with Gasteiger partial charge in [0.15, 0.2) is 11.6 Å². The molecule has 0 unspecified atom stereocenters. The minimum atomic E-state index is -0.908. The van der Waals surface area contributed by atoms with E-state index in [1.807, 2.05) is 54.6 Å². The first-order chi connectivity index (χ1) is 14.1. The van der Waals surface area contributed by atoms with Crippen LogP contribution in [0.4, 0.5) is 13.2 Å². The lowest BCUT2D eigenvalue weighted by Crippen LogP contribution is -1.93. The first kappa shape index (κ1) is 17.5. The van der Waals surface area contributed by atoms with Crippen molar-refractivity contribution in [2.24, 2.45) is 0 Å². The summed E-state index contributed by atoms with van der Waals surface area (Å²) in [5.74, 6) is -2.15. The summed E-state index contributed by atoms with van der Waals surface area (Å²) in [6, 6.07) is 26.1. The van der Waals surface area contributed by atoms with Crippen LogP contribution in [-0.2, 0) is 0 Å². The number of fused-ring (bicyclic) bond motifs is 2. The molecular formula is C26H15F3. The first-order valence-electron chi connectivity index (χ1n) is 9.28. The lowest BCUT2D eigenvalue weighted by Gasteiger charge is -2.18. The minimum Gasteiger partial charge on any atom is -0.207 e. The third-order valence-electron chi connectivity index (χ3n) is 5.26. The molecule has 0 radical (unpaired) electrons. The maximum atomic E-state index is 14.3. The van der Waals surface area contributed by atoms with Gasteiger partial charge in [0.25, 0.3) is 0 Å². The van der Waals surface area contributed by atoms with Crippen molar-refractivity contribution in [2.75, 3.05) is 0 Å². The molecule has 0 heterocycles. The summed E-state index contributed by atoms with van der Waals surface area (Å²) in [6.45, 7) is 0. The minimum absolute atomic E-state index is 0.346. The van der Waals surface area contributed by atoms with Crippen molar-refractivity contribution in [3.05, 3.63) is 108 Å². The van der Waals surface area contributed by atoms with E-state index in [9.17, 15) is 13.2 Å². The molecule has 0 fully saturated rings. The van der Waals surface area contributed by atoms with Crippen LogP contribution in [0.5, 0.6) is 0 Å². The molecule has 5 rings (SSSR count). The van der Waals surface area contributed by atoms with Crippen molar-refractivity contribution in [1.29, 1.82) is 0 Å². The number of rotatable bonds is 2. The third-order valence-corrected chi connectivity index (χ3v) is 5.26. The van der Waals surface area contributed by atoms with Crippen LogP contribution in [0.1, 0.15) is 0 Å². The molecule has 0 atom stereocenters. The van der Waals surface area contributed by atoms with Gasteiger partial charge in [0.05, 0.1) is 0 Å². The second-order valence-electron chi connectivity index (χ2n) is 6.98. The SMILES string of the molecule is Fc1ccc2c(-c3ccc(F)c(F)c3)c3ccccc3c(-c3ccccc3)c2c1. The van der Waals surface area contributed by atoms with Crippen molar-refractivity contribution in [3.63, 3.8) is 0 Å². The second-order valence-corrected chi connectivity index (χ2v) is 6.98. The molecule has 0 amide bonds. The molecule has 0 bridgehead atoms. The fourth-order valence-electron chi connectivity index (χ4n) is 4.03. The van der Waals surface area contributed by atoms with E-state index in [2.05, 4.69) is 0 Å². The number of halogens is 3. The average molecular weight is 384 g/mol. The van der Waals surface area contributed by atoms with Crippen LogP contribution < -0.4 is 0 Å². The van der Waals surface area contributed by atoms with E-state index in [4.69, 9.17) is 0 Å². The first-order valence-corrected chi connectivity index (χ1v) is 9.28. The number of hydrogen-bond acceptors (Lipinski definition) is 0. The van der Waals surface area contributed by atoms with Crippen LogP contribution in [0.25, 0.3) is 43.8 Å². The monoisotopic (exact) mass is 384 g/mol. The molecule has 0 aliphatic rings.